The highest BCUT2D eigenvalue weighted by Gasteiger charge is 2.21. The number of amides is 1. The van der Waals surface area contributed by atoms with Gasteiger partial charge in [-0.3, -0.25) is 4.79 Å². The van der Waals surface area contributed by atoms with Gasteiger partial charge in [0.2, 0.25) is 5.91 Å². The number of hydrogen-bond acceptors (Lipinski definition) is 4. The van der Waals surface area contributed by atoms with Crippen molar-refractivity contribution in [2.75, 3.05) is 26.2 Å². The molecular formula is C12H25N3O2. The molecule has 0 aliphatic carbocycles. The second-order valence-corrected chi connectivity index (χ2v) is 5.19. The Hall–Kier alpha value is -0.650. The number of carbonyl (C=O) groups excluding carboxylic acids is 1. The fourth-order valence-electron chi connectivity index (χ4n) is 2.26. The van der Waals surface area contributed by atoms with E-state index in [4.69, 9.17) is 5.73 Å². The van der Waals surface area contributed by atoms with E-state index in [9.17, 15) is 9.90 Å². The van der Waals surface area contributed by atoms with Crippen LogP contribution < -0.4 is 11.1 Å². The normalized spacial score (nSPS) is 20.7. The Morgan fingerprint density at radius 1 is 1.41 bits per heavy atom. The highest BCUT2D eigenvalue weighted by atomic mass is 16.3. The van der Waals surface area contributed by atoms with E-state index in [0.29, 0.717) is 13.1 Å². The lowest BCUT2D eigenvalue weighted by atomic mass is 10.0. The minimum atomic E-state index is -0.436. The van der Waals surface area contributed by atoms with E-state index in [2.05, 4.69) is 10.2 Å². The molecule has 1 amide bonds. The molecule has 0 radical (unpaired) electrons. The molecule has 1 heterocycles. The predicted molar refractivity (Wildman–Crippen MR) is 67.5 cm³/mol. The molecule has 0 aromatic heterocycles. The summed E-state index contributed by atoms with van der Waals surface area (Å²) in [7, 11) is 0. The molecule has 1 fully saturated rings. The van der Waals surface area contributed by atoms with Crippen molar-refractivity contribution in [1.82, 2.24) is 10.2 Å². The third-order valence-electron chi connectivity index (χ3n) is 3.21. The zero-order chi connectivity index (χ0) is 12.8. The number of likely N-dealkylation sites (tertiary alicyclic amines) is 1. The van der Waals surface area contributed by atoms with Crippen molar-refractivity contribution in [2.45, 2.75) is 38.8 Å². The monoisotopic (exact) mass is 243 g/mol. The standard InChI is InChI=1S/C12H25N3O2/c1-9(2)11(12(13)17)14-7-10(16)8-15-5-3-4-6-15/h9-11,14,16H,3-8H2,1-2H3,(H2,13,17). The molecule has 0 saturated carbocycles. The van der Waals surface area contributed by atoms with Crippen molar-refractivity contribution in [3.05, 3.63) is 0 Å². The minimum absolute atomic E-state index is 0.145. The number of aliphatic hydroxyl groups excluding tert-OH is 1. The molecule has 5 nitrogen and oxygen atoms in total. The summed E-state index contributed by atoms with van der Waals surface area (Å²) in [6.45, 7) is 7.12. The Bertz CT molecular complexity index is 240. The average molecular weight is 243 g/mol. The van der Waals surface area contributed by atoms with E-state index in [1.165, 1.54) is 12.8 Å². The second-order valence-electron chi connectivity index (χ2n) is 5.19. The Morgan fingerprint density at radius 3 is 2.47 bits per heavy atom. The van der Waals surface area contributed by atoms with Crippen molar-refractivity contribution in [2.24, 2.45) is 11.7 Å². The van der Waals surface area contributed by atoms with Crippen molar-refractivity contribution in [3.8, 4) is 0 Å². The van der Waals surface area contributed by atoms with Gasteiger partial charge in [0.05, 0.1) is 12.1 Å². The highest BCUT2D eigenvalue weighted by Crippen LogP contribution is 2.07. The number of primary amides is 1. The molecule has 1 aliphatic rings. The number of carbonyl (C=O) groups is 1. The van der Waals surface area contributed by atoms with Crippen LogP contribution in [0.25, 0.3) is 0 Å². The number of nitrogens with one attached hydrogen (secondary N) is 1. The number of β-amino-alcohol motifs (C(OH)–C–C–N with tert-alkyl or cyclic N) is 1. The third-order valence-corrected chi connectivity index (χ3v) is 3.21. The number of aliphatic hydroxyl groups is 1. The molecule has 4 N–H and O–H groups in total. The van der Waals surface area contributed by atoms with Gasteiger partial charge in [-0.05, 0) is 31.8 Å². The van der Waals surface area contributed by atoms with Gasteiger partial charge in [0.1, 0.15) is 0 Å². The second kappa shape index (κ2) is 6.93. The summed E-state index contributed by atoms with van der Waals surface area (Å²) in [5.74, 6) is -0.208. The van der Waals surface area contributed by atoms with Crippen LogP contribution in [0.1, 0.15) is 26.7 Å². The van der Waals surface area contributed by atoms with Gasteiger partial charge in [0.25, 0.3) is 0 Å². The first-order valence-electron chi connectivity index (χ1n) is 6.44. The number of hydrogen-bond donors (Lipinski definition) is 3. The summed E-state index contributed by atoms with van der Waals surface area (Å²) >= 11 is 0. The summed E-state index contributed by atoms with van der Waals surface area (Å²) < 4.78 is 0. The maximum Gasteiger partial charge on any atom is 0.234 e. The summed E-state index contributed by atoms with van der Waals surface area (Å²) in [6, 6.07) is -0.358. The Balaban J connectivity index is 2.25. The van der Waals surface area contributed by atoms with Gasteiger partial charge in [-0.25, -0.2) is 0 Å². The Labute approximate surface area is 103 Å². The molecule has 2 atom stereocenters. The van der Waals surface area contributed by atoms with Crippen LogP contribution in [-0.4, -0.2) is 54.2 Å². The maximum atomic E-state index is 11.2. The molecule has 1 saturated heterocycles. The van der Waals surface area contributed by atoms with Crippen LogP contribution in [0.3, 0.4) is 0 Å². The summed E-state index contributed by atoms with van der Waals surface area (Å²) in [5.41, 5.74) is 5.29. The highest BCUT2D eigenvalue weighted by molar-refractivity contribution is 5.80. The van der Waals surface area contributed by atoms with E-state index >= 15 is 0 Å². The lowest BCUT2D eigenvalue weighted by Crippen LogP contribution is -2.49. The van der Waals surface area contributed by atoms with Crippen LogP contribution in [0.4, 0.5) is 0 Å². The molecule has 0 aromatic carbocycles. The molecule has 1 aliphatic heterocycles. The molecular weight excluding hydrogens is 218 g/mol. The molecule has 2 unspecified atom stereocenters. The van der Waals surface area contributed by atoms with Crippen LogP contribution in [0, 0.1) is 5.92 Å². The molecule has 0 spiro atoms. The molecule has 5 heteroatoms. The van der Waals surface area contributed by atoms with Gasteiger partial charge < -0.3 is 21.1 Å². The van der Waals surface area contributed by atoms with Crippen molar-refractivity contribution >= 4 is 5.91 Å². The Morgan fingerprint density at radius 2 is 2.00 bits per heavy atom. The van der Waals surface area contributed by atoms with Gasteiger partial charge in [0, 0.05) is 13.1 Å². The molecule has 1 rings (SSSR count). The first-order valence-corrected chi connectivity index (χ1v) is 6.44. The van der Waals surface area contributed by atoms with Crippen LogP contribution in [0.5, 0.6) is 0 Å². The predicted octanol–water partition coefficient (Wildman–Crippen LogP) is -0.457. The average Bonchev–Trinajstić information content (AvgIpc) is 2.69. The van der Waals surface area contributed by atoms with Crippen LogP contribution >= 0.6 is 0 Å². The summed E-state index contributed by atoms with van der Waals surface area (Å²) in [6.07, 6.45) is 2.00. The topological polar surface area (TPSA) is 78.6 Å². The van der Waals surface area contributed by atoms with Crippen LogP contribution in [0.15, 0.2) is 0 Å². The van der Waals surface area contributed by atoms with Crippen LogP contribution in [-0.2, 0) is 4.79 Å². The lowest BCUT2D eigenvalue weighted by Gasteiger charge is -2.23. The van der Waals surface area contributed by atoms with E-state index in [-0.39, 0.29) is 17.9 Å². The first-order chi connectivity index (χ1) is 8.00. The van der Waals surface area contributed by atoms with Gasteiger partial charge in [-0.1, -0.05) is 13.8 Å². The van der Waals surface area contributed by atoms with Gasteiger partial charge in [-0.2, -0.15) is 0 Å². The zero-order valence-electron chi connectivity index (χ0n) is 10.9. The fraction of sp³-hybridized carbons (Fsp3) is 0.917. The molecule has 0 aromatic rings. The molecule has 100 valence electrons. The number of nitrogens with two attached hydrogens (primary N) is 1. The fourth-order valence-corrected chi connectivity index (χ4v) is 2.26. The SMILES string of the molecule is CC(C)C(NCC(O)CN1CCCC1)C(N)=O. The quantitative estimate of drug-likeness (QED) is 0.565. The lowest BCUT2D eigenvalue weighted by molar-refractivity contribution is -0.121. The Kier molecular flexibility index (Phi) is 5.88. The summed E-state index contributed by atoms with van der Waals surface area (Å²) in [4.78, 5) is 13.4. The van der Waals surface area contributed by atoms with Gasteiger partial charge in [0.15, 0.2) is 0 Å². The minimum Gasteiger partial charge on any atom is -0.390 e. The largest absolute Gasteiger partial charge is 0.390 e. The van der Waals surface area contributed by atoms with E-state index in [0.717, 1.165) is 13.1 Å². The summed E-state index contributed by atoms with van der Waals surface area (Å²) in [5, 5.41) is 12.9. The van der Waals surface area contributed by atoms with Gasteiger partial charge >= 0.3 is 0 Å². The number of nitrogens with zero attached hydrogens (tertiary/aromatic N) is 1. The third kappa shape index (κ3) is 5.02. The van der Waals surface area contributed by atoms with Crippen molar-refractivity contribution in [3.63, 3.8) is 0 Å². The first kappa shape index (κ1) is 14.4. The van der Waals surface area contributed by atoms with E-state index < -0.39 is 6.10 Å². The number of rotatable bonds is 7. The van der Waals surface area contributed by atoms with Crippen molar-refractivity contribution in [1.29, 1.82) is 0 Å². The molecule has 0 bridgehead atoms. The van der Waals surface area contributed by atoms with E-state index in [1.54, 1.807) is 0 Å². The van der Waals surface area contributed by atoms with Crippen LogP contribution in [0.2, 0.25) is 0 Å². The van der Waals surface area contributed by atoms with E-state index in [1.807, 2.05) is 13.8 Å². The van der Waals surface area contributed by atoms with Gasteiger partial charge in [-0.15, -0.1) is 0 Å². The smallest absolute Gasteiger partial charge is 0.234 e. The van der Waals surface area contributed by atoms with Crippen molar-refractivity contribution < 1.29 is 9.90 Å². The zero-order valence-corrected chi connectivity index (χ0v) is 10.9. The molecule has 17 heavy (non-hydrogen) atoms. The maximum absolute atomic E-state index is 11.2.